The van der Waals surface area contributed by atoms with E-state index in [2.05, 4.69) is 15.1 Å². The zero-order valence-corrected chi connectivity index (χ0v) is 10.5. The number of hydrogen-bond donors (Lipinski definition) is 0. The van der Waals surface area contributed by atoms with Crippen molar-refractivity contribution in [1.82, 2.24) is 19.6 Å². The Kier molecular flexibility index (Phi) is 2.86. The van der Waals surface area contributed by atoms with E-state index in [1.54, 1.807) is 30.3 Å². The van der Waals surface area contributed by atoms with Gasteiger partial charge in [0.25, 0.3) is 11.6 Å². The minimum absolute atomic E-state index is 0.107. The highest BCUT2D eigenvalue weighted by molar-refractivity contribution is 6.30. The third kappa shape index (κ3) is 2.32. The molecule has 0 aliphatic rings. The molecule has 102 valence electrons. The number of alkyl halides is 3. The minimum Gasteiger partial charge on any atom is -0.211 e. The summed E-state index contributed by atoms with van der Waals surface area (Å²) in [5, 5.41) is 3.90. The van der Waals surface area contributed by atoms with Gasteiger partial charge in [0.1, 0.15) is 0 Å². The maximum atomic E-state index is 12.5. The first kappa shape index (κ1) is 12.9. The minimum atomic E-state index is -4.59. The number of aromatic nitrogens is 4. The molecule has 0 saturated carbocycles. The zero-order valence-electron chi connectivity index (χ0n) is 9.76. The molecule has 2 aromatic heterocycles. The van der Waals surface area contributed by atoms with Crippen molar-refractivity contribution in [2.75, 3.05) is 0 Å². The standard InChI is InChI=1S/C12H6ClF3N4/c13-8-3-1-7(2-4-8)9-5-6-20-11(17-9)18-10(19-20)12(14,15)16/h1-6H. The molecule has 0 spiro atoms. The van der Waals surface area contributed by atoms with Gasteiger partial charge in [0, 0.05) is 16.8 Å². The number of rotatable bonds is 1. The molecule has 8 heteroatoms. The largest absolute Gasteiger partial charge is 0.453 e. The van der Waals surface area contributed by atoms with Crippen LogP contribution < -0.4 is 0 Å². The second kappa shape index (κ2) is 4.45. The van der Waals surface area contributed by atoms with Crippen LogP contribution in [0.1, 0.15) is 5.82 Å². The van der Waals surface area contributed by atoms with Crippen molar-refractivity contribution in [3.63, 3.8) is 0 Å². The second-order valence-electron chi connectivity index (χ2n) is 4.00. The summed E-state index contributed by atoms with van der Waals surface area (Å²) in [6, 6.07) is 8.36. The molecule has 0 atom stereocenters. The van der Waals surface area contributed by atoms with Gasteiger partial charge in [-0.25, -0.2) is 9.50 Å². The predicted molar refractivity (Wildman–Crippen MR) is 66.2 cm³/mol. The fourth-order valence-corrected chi connectivity index (χ4v) is 1.81. The molecule has 0 saturated heterocycles. The SMILES string of the molecule is FC(F)(F)c1nc2nc(-c3ccc(Cl)cc3)ccn2n1. The first-order chi connectivity index (χ1) is 9.43. The highest BCUT2D eigenvalue weighted by Gasteiger charge is 2.36. The molecule has 3 rings (SSSR count). The Morgan fingerprint density at radius 2 is 1.70 bits per heavy atom. The first-order valence-corrected chi connectivity index (χ1v) is 5.88. The summed E-state index contributed by atoms with van der Waals surface area (Å²) in [4.78, 5) is 7.43. The Morgan fingerprint density at radius 3 is 2.35 bits per heavy atom. The van der Waals surface area contributed by atoms with E-state index in [1.165, 1.54) is 6.20 Å². The van der Waals surface area contributed by atoms with Crippen molar-refractivity contribution in [3.05, 3.63) is 47.4 Å². The lowest BCUT2D eigenvalue weighted by Gasteiger charge is -2.00. The van der Waals surface area contributed by atoms with Crippen LogP contribution in [0, 0.1) is 0 Å². The number of halogens is 4. The van der Waals surface area contributed by atoms with Gasteiger partial charge >= 0.3 is 6.18 Å². The number of nitrogens with zero attached hydrogens (tertiary/aromatic N) is 4. The summed E-state index contributed by atoms with van der Waals surface area (Å²) in [7, 11) is 0. The van der Waals surface area contributed by atoms with Gasteiger partial charge in [-0.1, -0.05) is 23.7 Å². The van der Waals surface area contributed by atoms with Gasteiger partial charge in [0.05, 0.1) is 5.69 Å². The topological polar surface area (TPSA) is 43.1 Å². The summed E-state index contributed by atoms with van der Waals surface area (Å²) < 4.78 is 38.5. The van der Waals surface area contributed by atoms with Crippen molar-refractivity contribution < 1.29 is 13.2 Å². The van der Waals surface area contributed by atoms with Crippen LogP contribution >= 0.6 is 11.6 Å². The zero-order chi connectivity index (χ0) is 14.3. The van der Waals surface area contributed by atoms with Crippen LogP contribution in [0.5, 0.6) is 0 Å². The lowest BCUT2D eigenvalue weighted by molar-refractivity contribution is -0.144. The Morgan fingerprint density at radius 1 is 1.00 bits per heavy atom. The van der Waals surface area contributed by atoms with Gasteiger partial charge < -0.3 is 0 Å². The normalized spacial score (nSPS) is 12.0. The van der Waals surface area contributed by atoms with Gasteiger partial charge in [-0.2, -0.15) is 18.2 Å². The summed E-state index contributed by atoms with van der Waals surface area (Å²) in [5.74, 6) is -1.32. The lowest BCUT2D eigenvalue weighted by Crippen LogP contribution is -2.07. The van der Waals surface area contributed by atoms with Gasteiger partial charge in [0.2, 0.25) is 0 Å². The summed E-state index contributed by atoms with van der Waals surface area (Å²) in [6.07, 6.45) is -3.21. The van der Waals surface area contributed by atoms with Crippen LogP contribution in [-0.2, 0) is 6.18 Å². The number of benzene rings is 1. The molecule has 20 heavy (non-hydrogen) atoms. The molecular formula is C12H6ClF3N4. The average Bonchev–Trinajstić information content (AvgIpc) is 2.82. The Bertz CT molecular complexity index is 764. The molecule has 0 amide bonds. The van der Waals surface area contributed by atoms with Crippen LogP contribution in [0.2, 0.25) is 5.02 Å². The molecule has 1 aromatic carbocycles. The van der Waals surface area contributed by atoms with Crippen molar-refractivity contribution in [3.8, 4) is 11.3 Å². The first-order valence-electron chi connectivity index (χ1n) is 5.50. The smallest absolute Gasteiger partial charge is 0.211 e. The summed E-state index contributed by atoms with van der Waals surface area (Å²) >= 11 is 5.78. The van der Waals surface area contributed by atoms with Gasteiger partial charge in [-0.05, 0) is 18.2 Å². The van der Waals surface area contributed by atoms with Crippen LogP contribution in [0.25, 0.3) is 17.0 Å². The van der Waals surface area contributed by atoms with Gasteiger partial charge in [-0.3, -0.25) is 0 Å². The Balaban J connectivity index is 2.08. The molecule has 0 radical (unpaired) electrons. The number of hydrogen-bond acceptors (Lipinski definition) is 3. The maximum Gasteiger partial charge on any atom is 0.453 e. The molecule has 0 fully saturated rings. The Hall–Kier alpha value is -2.15. The van der Waals surface area contributed by atoms with E-state index in [0.717, 1.165) is 10.1 Å². The average molecular weight is 299 g/mol. The fraction of sp³-hybridized carbons (Fsp3) is 0.0833. The van der Waals surface area contributed by atoms with Crippen molar-refractivity contribution in [2.45, 2.75) is 6.18 Å². The molecule has 2 heterocycles. The van der Waals surface area contributed by atoms with E-state index in [1.807, 2.05) is 0 Å². The molecule has 0 unspecified atom stereocenters. The fourth-order valence-electron chi connectivity index (χ4n) is 1.68. The number of fused-ring (bicyclic) bond motifs is 1. The van der Waals surface area contributed by atoms with E-state index in [4.69, 9.17) is 11.6 Å². The monoisotopic (exact) mass is 298 g/mol. The van der Waals surface area contributed by atoms with Crippen LogP contribution in [0.4, 0.5) is 13.2 Å². The highest BCUT2D eigenvalue weighted by Crippen LogP contribution is 2.26. The van der Waals surface area contributed by atoms with Crippen molar-refractivity contribution >= 4 is 17.4 Å². The highest BCUT2D eigenvalue weighted by atomic mass is 35.5. The van der Waals surface area contributed by atoms with Crippen LogP contribution in [0.3, 0.4) is 0 Å². The molecule has 0 aliphatic carbocycles. The van der Waals surface area contributed by atoms with E-state index in [-0.39, 0.29) is 5.78 Å². The van der Waals surface area contributed by atoms with Crippen LogP contribution in [0.15, 0.2) is 36.5 Å². The molecule has 4 nitrogen and oxygen atoms in total. The van der Waals surface area contributed by atoms with Crippen molar-refractivity contribution in [2.24, 2.45) is 0 Å². The molecule has 3 aromatic rings. The second-order valence-corrected chi connectivity index (χ2v) is 4.43. The lowest BCUT2D eigenvalue weighted by atomic mass is 10.1. The summed E-state index contributed by atoms with van der Waals surface area (Å²) in [5.41, 5.74) is 1.23. The van der Waals surface area contributed by atoms with E-state index in [9.17, 15) is 13.2 Å². The quantitative estimate of drug-likeness (QED) is 0.691. The third-order valence-electron chi connectivity index (χ3n) is 2.60. The maximum absolute atomic E-state index is 12.5. The van der Waals surface area contributed by atoms with E-state index < -0.39 is 12.0 Å². The molecule has 0 N–H and O–H groups in total. The van der Waals surface area contributed by atoms with Crippen molar-refractivity contribution in [1.29, 1.82) is 0 Å². The predicted octanol–water partition coefficient (Wildman–Crippen LogP) is 3.46. The molecule has 0 aliphatic heterocycles. The van der Waals surface area contributed by atoms with Crippen LogP contribution in [-0.4, -0.2) is 19.6 Å². The molecular weight excluding hydrogens is 293 g/mol. The van der Waals surface area contributed by atoms with Gasteiger partial charge in [-0.15, -0.1) is 5.10 Å². The Labute approximate surface area is 115 Å². The summed E-state index contributed by atoms with van der Waals surface area (Å²) in [6.45, 7) is 0. The van der Waals surface area contributed by atoms with E-state index >= 15 is 0 Å². The third-order valence-corrected chi connectivity index (χ3v) is 2.85. The van der Waals surface area contributed by atoms with E-state index in [0.29, 0.717) is 10.7 Å². The molecule has 0 bridgehead atoms. The van der Waals surface area contributed by atoms with Gasteiger partial charge in [0.15, 0.2) is 0 Å².